The van der Waals surface area contributed by atoms with E-state index >= 15 is 0 Å². The minimum absolute atomic E-state index is 0.575. The molecule has 70 valence electrons. The molecule has 12 heavy (non-hydrogen) atoms. The average molecular weight is 166 g/mol. The third kappa shape index (κ3) is 5.74. The van der Waals surface area contributed by atoms with Gasteiger partial charge in [-0.3, -0.25) is 0 Å². The average Bonchev–Trinajstić information content (AvgIpc) is 2.00. The van der Waals surface area contributed by atoms with Crippen LogP contribution in [0.2, 0.25) is 5.21 Å². The van der Waals surface area contributed by atoms with E-state index in [0.717, 1.165) is 5.92 Å². The van der Waals surface area contributed by atoms with Crippen molar-refractivity contribution < 1.29 is 0 Å². The molecular formula is C10H24B2. The van der Waals surface area contributed by atoms with Crippen LogP contribution in [0.4, 0.5) is 0 Å². The van der Waals surface area contributed by atoms with Crippen molar-refractivity contribution in [2.45, 2.75) is 58.1 Å². The van der Waals surface area contributed by atoms with Crippen molar-refractivity contribution >= 4 is 15.7 Å². The molecule has 0 aromatic heterocycles. The maximum Gasteiger partial charge on any atom is 0.0992 e. The van der Waals surface area contributed by atoms with Crippen molar-refractivity contribution in [3.8, 4) is 0 Å². The number of hydrogen-bond acceptors (Lipinski definition) is 0. The van der Waals surface area contributed by atoms with E-state index in [1.807, 2.05) is 0 Å². The Hall–Kier alpha value is 0.130. The molecule has 0 aromatic carbocycles. The summed E-state index contributed by atoms with van der Waals surface area (Å²) in [5.41, 5.74) is 0. The molecule has 0 bridgehead atoms. The summed E-state index contributed by atoms with van der Waals surface area (Å²) in [7, 11) is 4.82. The van der Waals surface area contributed by atoms with Crippen LogP contribution in [0.15, 0.2) is 0 Å². The van der Waals surface area contributed by atoms with Crippen LogP contribution in [0.25, 0.3) is 0 Å². The topological polar surface area (TPSA) is 0 Å². The van der Waals surface area contributed by atoms with E-state index in [9.17, 15) is 0 Å². The first-order valence-corrected chi connectivity index (χ1v) is 5.52. The SMILES string of the molecule is BC(B)(CCCC)CC(C)CC. The van der Waals surface area contributed by atoms with Crippen LogP contribution in [0.1, 0.15) is 52.9 Å². The first-order chi connectivity index (χ1) is 5.52. The largest absolute Gasteiger partial charge is 0.0992 e. The monoisotopic (exact) mass is 166 g/mol. The second kappa shape index (κ2) is 5.72. The Morgan fingerprint density at radius 1 is 1.25 bits per heavy atom. The minimum Gasteiger partial charge on any atom is -0.0842 e. The van der Waals surface area contributed by atoms with Crippen molar-refractivity contribution in [3.63, 3.8) is 0 Å². The lowest BCUT2D eigenvalue weighted by molar-refractivity contribution is 0.450. The van der Waals surface area contributed by atoms with Gasteiger partial charge in [-0.05, 0) is 5.92 Å². The van der Waals surface area contributed by atoms with Crippen LogP contribution in [0.3, 0.4) is 0 Å². The van der Waals surface area contributed by atoms with Gasteiger partial charge < -0.3 is 0 Å². The number of unbranched alkanes of at least 4 members (excludes halogenated alkanes) is 1. The highest BCUT2D eigenvalue weighted by Crippen LogP contribution is 2.33. The van der Waals surface area contributed by atoms with E-state index in [2.05, 4.69) is 36.5 Å². The third-order valence-corrected chi connectivity index (χ3v) is 2.81. The summed E-state index contributed by atoms with van der Waals surface area (Å²) >= 11 is 0. The normalized spacial score (nSPS) is 14.6. The molecule has 0 N–H and O–H groups in total. The zero-order valence-corrected chi connectivity index (χ0v) is 9.61. The molecule has 0 saturated heterocycles. The van der Waals surface area contributed by atoms with Gasteiger partial charge in [-0.1, -0.05) is 58.1 Å². The Bertz CT molecular complexity index is 110. The molecule has 0 amide bonds. The highest BCUT2D eigenvalue weighted by atomic mass is 14.1. The van der Waals surface area contributed by atoms with Crippen LogP contribution in [0, 0.1) is 5.92 Å². The van der Waals surface area contributed by atoms with Crippen LogP contribution in [0.5, 0.6) is 0 Å². The molecule has 0 aliphatic rings. The van der Waals surface area contributed by atoms with E-state index in [1.54, 1.807) is 0 Å². The van der Waals surface area contributed by atoms with Crippen molar-refractivity contribution in [1.82, 2.24) is 0 Å². The van der Waals surface area contributed by atoms with E-state index in [1.165, 1.54) is 32.1 Å². The molecule has 0 rings (SSSR count). The lowest BCUT2D eigenvalue weighted by Gasteiger charge is -2.27. The van der Waals surface area contributed by atoms with Gasteiger partial charge in [-0.2, -0.15) is 0 Å². The molecule has 0 nitrogen and oxygen atoms in total. The molecule has 0 aromatic rings. The zero-order valence-electron chi connectivity index (χ0n) is 9.61. The Morgan fingerprint density at radius 2 is 1.83 bits per heavy atom. The van der Waals surface area contributed by atoms with E-state index in [4.69, 9.17) is 0 Å². The molecule has 0 spiro atoms. The van der Waals surface area contributed by atoms with E-state index in [0.29, 0.717) is 5.21 Å². The van der Waals surface area contributed by atoms with Crippen molar-refractivity contribution in [2.24, 2.45) is 5.92 Å². The predicted molar refractivity (Wildman–Crippen MR) is 63.4 cm³/mol. The molecule has 1 atom stereocenters. The predicted octanol–water partition coefficient (Wildman–Crippen LogP) is 2.00. The highest BCUT2D eigenvalue weighted by molar-refractivity contribution is 6.39. The summed E-state index contributed by atoms with van der Waals surface area (Å²) in [5, 5.41) is 0.575. The highest BCUT2D eigenvalue weighted by Gasteiger charge is 2.19. The van der Waals surface area contributed by atoms with Gasteiger partial charge in [0.15, 0.2) is 0 Å². The van der Waals surface area contributed by atoms with Crippen LogP contribution < -0.4 is 0 Å². The molecule has 1 unspecified atom stereocenters. The maximum absolute atomic E-state index is 2.41. The quantitative estimate of drug-likeness (QED) is 0.529. The third-order valence-electron chi connectivity index (χ3n) is 2.81. The fourth-order valence-corrected chi connectivity index (χ4v) is 1.85. The summed E-state index contributed by atoms with van der Waals surface area (Å²) in [6.07, 6.45) is 6.85. The summed E-state index contributed by atoms with van der Waals surface area (Å²) in [5.74, 6) is 0.900. The summed E-state index contributed by atoms with van der Waals surface area (Å²) < 4.78 is 0. The fourth-order valence-electron chi connectivity index (χ4n) is 1.85. The van der Waals surface area contributed by atoms with Gasteiger partial charge in [-0.15, -0.1) is 0 Å². The first kappa shape index (κ1) is 12.1. The van der Waals surface area contributed by atoms with Gasteiger partial charge in [0.1, 0.15) is 0 Å². The lowest BCUT2D eigenvalue weighted by atomic mass is 9.49. The fraction of sp³-hybridized carbons (Fsp3) is 1.00. The first-order valence-electron chi connectivity index (χ1n) is 5.52. The summed E-state index contributed by atoms with van der Waals surface area (Å²) in [6, 6.07) is 0. The van der Waals surface area contributed by atoms with E-state index in [-0.39, 0.29) is 0 Å². The van der Waals surface area contributed by atoms with Crippen molar-refractivity contribution in [1.29, 1.82) is 0 Å². The molecule has 0 saturated carbocycles. The Balaban J connectivity index is 3.69. The van der Waals surface area contributed by atoms with Gasteiger partial charge in [0.25, 0.3) is 0 Å². The van der Waals surface area contributed by atoms with Gasteiger partial charge in [0, 0.05) is 0 Å². The van der Waals surface area contributed by atoms with Gasteiger partial charge in [0.2, 0.25) is 0 Å². The Kier molecular flexibility index (Phi) is 5.78. The molecule has 0 heterocycles. The molecule has 0 aliphatic carbocycles. The minimum atomic E-state index is 0.575. The smallest absolute Gasteiger partial charge is 0.0842 e. The van der Waals surface area contributed by atoms with Gasteiger partial charge in [0.05, 0.1) is 15.7 Å². The Labute approximate surface area is 80.3 Å². The van der Waals surface area contributed by atoms with Crippen LogP contribution in [-0.4, -0.2) is 15.7 Å². The van der Waals surface area contributed by atoms with Crippen molar-refractivity contribution in [3.05, 3.63) is 0 Å². The number of hydrogen-bond donors (Lipinski definition) is 0. The molecule has 0 radical (unpaired) electrons. The molecular weight excluding hydrogens is 142 g/mol. The maximum atomic E-state index is 2.41. The van der Waals surface area contributed by atoms with E-state index < -0.39 is 0 Å². The van der Waals surface area contributed by atoms with Crippen LogP contribution in [-0.2, 0) is 0 Å². The van der Waals surface area contributed by atoms with Gasteiger partial charge >= 0.3 is 0 Å². The standard InChI is InChI=1S/C10H24B2/c1-4-6-7-10(11,12)8-9(3)5-2/h9H,4-8,11-12H2,1-3H3. The molecule has 2 heteroatoms. The second-order valence-electron chi connectivity index (χ2n) is 4.99. The lowest BCUT2D eigenvalue weighted by Crippen LogP contribution is -2.16. The van der Waals surface area contributed by atoms with Crippen LogP contribution >= 0.6 is 0 Å². The Morgan fingerprint density at radius 3 is 2.25 bits per heavy atom. The summed E-state index contributed by atoms with van der Waals surface area (Å²) in [6.45, 7) is 6.94. The summed E-state index contributed by atoms with van der Waals surface area (Å²) in [4.78, 5) is 0. The van der Waals surface area contributed by atoms with Crippen molar-refractivity contribution in [2.75, 3.05) is 0 Å². The second-order valence-corrected chi connectivity index (χ2v) is 4.99. The molecule has 0 fully saturated rings. The van der Waals surface area contributed by atoms with Gasteiger partial charge in [-0.25, -0.2) is 0 Å². The zero-order chi connectivity index (χ0) is 9.61. The molecule has 0 aliphatic heterocycles. The number of rotatable bonds is 6.